The van der Waals surface area contributed by atoms with E-state index in [1.54, 1.807) is 0 Å². The molecule has 2 heterocycles. The van der Waals surface area contributed by atoms with Gasteiger partial charge in [-0.15, -0.1) is 0 Å². The van der Waals surface area contributed by atoms with E-state index in [0.717, 1.165) is 90.9 Å². The summed E-state index contributed by atoms with van der Waals surface area (Å²) in [6.45, 7) is 14.7. The molecule has 2 saturated heterocycles. The highest BCUT2D eigenvalue weighted by Gasteiger charge is 2.31. The number of ether oxygens (including phenoxy) is 1. The molecule has 1 saturated carbocycles. The zero-order chi connectivity index (χ0) is 22.1. The van der Waals surface area contributed by atoms with E-state index in [4.69, 9.17) is 4.74 Å². The number of amides is 1. The Morgan fingerprint density at radius 2 is 1.77 bits per heavy atom. The molecule has 31 heavy (non-hydrogen) atoms. The van der Waals surface area contributed by atoms with E-state index in [1.807, 2.05) is 7.05 Å². The summed E-state index contributed by atoms with van der Waals surface area (Å²) in [5.74, 6) is 2.25. The molecule has 0 aromatic heterocycles. The number of carbonyl (C=O) groups is 1. The molecule has 0 spiro atoms. The van der Waals surface area contributed by atoms with Crippen LogP contribution in [0.3, 0.4) is 0 Å². The van der Waals surface area contributed by atoms with Gasteiger partial charge in [0.1, 0.15) is 0 Å². The topological polar surface area (TPSA) is 72.4 Å². The second kappa shape index (κ2) is 12.6. The smallest absolute Gasteiger partial charge is 0.225 e. The van der Waals surface area contributed by atoms with Crippen molar-refractivity contribution in [2.24, 2.45) is 16.8 Å². The third-order valence-electron chi connectivity index (χ3n) is 6.89. The van der Waals surface area contributed by atoms with Gasteiger partial charge < -0.3 is 20.3 Å². The molecule has 8 heteroatoms. The molecule has 1 unspecified atom stereocenters. The van der Waals surface area contributed by atoms with Crippen molar-refractivity contribution in [1.29, 1.82) is 0 Å². The first-order chi connectivity index (χ1) is 15.1. The van der Waals surface area contributed by atoms with Crippen molar-refractivity contribution < 1.29 is 9.53 Å². The van der Waals surface area contributed by atoms with Gasteiger partial charge in [-0.1, -0.05) is 20.3 Å². The van der Waals surface area contributed by atoms with Gasteiger partial charge in [0, 0.05) is 77.9 Å². The van der Waals surface area contributed by atoms with Gasteiger partial charge in [-0.3, -0.25) is 19.6 Å². The van der Waals surface area contributed by atoms with Crippen LogP contribution in [0, 0.1) is 11.8 Å². The molecule has 178 valence electrons. The molecular formula is C23H44N6O2. The Labute approximate surface area is 188 Å². The van der Waals surface area contributed by atoms with E-state index in [0.29, 0.717) is 23.8 Å². The molecule has 3 rings (SSSR count). The average molecular weight is 437 g/mol. The first kappa shape index (κ1) is 24.3. The Kier molecular flexibility index (Phi) is 9.87. The maximum absolute atomic E-state index is 12.4. The second-order valence-electron chi connectivity index (χ2n) is 9.61. The lowest BCUT2D eigenvalue weighted by Gasteiger charge is -2.38. The zero-order valence-electron chi connectivity index (χ0n) is 19.9. The summed E-state index contributed by atoms with van der Waals surface area (Å²) < 4.78 is 5.53. The molecule has 1 aliphatic carbocycles. The van der Waals surface area contributed by atoms with E-state index in [9.17, 15) is 4.79 Å². The molecule has 0 aromatic carbocycles. The van der Waals surface area contributed by atoms with Gasteiger partial charge >= 0.3 is 0 Å². The Morgan fingerprint density at radius 3 is 2.35 bits per heavy atom. The minimum Gasteiger partial charge on any atom is -0.379 e. The molecule has 8 nitrogen and oxygen atoms in total. The average Bonchev–Trinajstić information content (AvgIpc) is 2.74. The van der Waals surface area contributed by atoms with E-state index in [-0.39, 0.29) is 0 Å². The summed E-state index contributed by atoms with van der Waals surface area (Å²) in [6.07, 6.45) is 4.59. The standard InChI is InChI=1S/C23H44N6O2/c1-19(2)17-21(28-13-15-31-16-14-28)18-26-23(24-3)25-7-8-27-9-11-29(12-10-27)22(30)20-5-4-6-20/h19-21H,4-18H2,1-3H3,(H2,24,25,26). The lowest BCUT2D eigenvalue weighted by molar-refractivity contribution is -0.139. The van der Waals surface area contributed by atoms with Crippen LogP contribution in [0.2, 0.25) is 0 Å². The van der Waals surface area contributed by atoms with Gasteiger partial charge in [-0.25, -0.2) is 0 Å². The van der Waals surface area contributed by atoms with Crippen LogP contribution in [0.4, 0.5) is 0 Å². The van der Waals surface area contributed by atoms with Crippen LogP contribution in [0.15, 0.2) is 4.99 Å². The summed E-state index contributed by atoms with van der Waals surface area (Å²) >= 11 is 0. The number of aliphatic imine (C=N–C) groups is 1. The minimum absolute atomic E-state index is 0.319. The normalized spacial score (nSPS) is 23.0. The van der Waals surface area contributed by atoms with Crippen LogP contribution >= 0.6 is 0 Å². The minimum atomic E-state index is 0.319. The summed E-state index contributed by atoms with van der Waals surface area (Å²) in [5, 5.41) is 7.01. The Bertz CT molecular complexity index is 566. The summed E-state index contributed by atoms with van der Waals surface area (Å²) in [4.78, 5) is 23.9. The number of nitrogens with one attached hydrogen (secondary N) is 2. The van der Waals surface area contributed by atoms with E-state index in [1.165, 1.54) is 12.8 Å². The van der Waals surface area contributed by atoms with Gasteiger partial charge in [0.25, 0.3) is 0 Å². The third kappa shape index (κ3) is 7.61. The van der Waals surface area contributed by atoms with Gasteiger partial charge in [0.05, 0.1) is 13.2 Å². The van der Waals surface area contributed by atoms with Gasteiger partial charge in [-0.2, -0.15) is 0 Å². The molecular weight excluding hydrogens is 392 g/mol. The number of rotatable bonds is 9. The molecule has 3 aliphatic rings. The van der Waals surface area contributed by atoms with Crippen molar-refractivity contribution in [2.75, 3.05) is 79.2 Å². The van der Waals surface area contributed by atoms with E-state index < -0.39 is 0 Å². The lowest BCUT2D eigenvalue weighted by atomic mass is 9.84. The highest BCUT2D eigenvalue weighted by Crippen LogP contribution is 2.28. The maximum atomic E-state index is 12.4. The molecule has 1 atom stereocenters. The van der Waals surface area contributed by atoms with Crippen molar-refractivity contribution in [2.45, 2.75) is 45.6 Å². The van der Waals surface area contributed by atoms with Crippen LogP contribution < -0.4 is 10.6 Å². The summed E-state index contributed by atoms with van der Waals surface area (Å²) in [6, 6.07) is 0.503. The van der Waals surface area contributed by atoms with E-state index >= 15 is 0 Å². The lowest BCUT2D eigenvalue weighted by Crippen LogP contribution is -2.53. The molecule has 1 amide bonds. The fourth-order valence-corrected chi connectivity index (χ4v) is 4.72. The van der Waals surface area contributed by atoms with Crippen LogP contribution in [0.25, 0.3) is 0 Å². The number of hydrogen-bond acceptors (Lipinski definition) is 5. The summed E-state index contributed by atoms with van der Waals surface area (Å²) in [7, 11) is 1.84. The number of carbonyl (C=O) groups excluding carboxylic acids is 1. The fraction of sp³-hybridized carbons (Fsp3) is 0.913. The van der Waals surface area contributed by atoms with Crippen molar-refractivity contribution >= 4 is 11.9 Å². The fourth-order valence-electron chi connectivity index (χ4n) is 4.72. The van der Waals surface area contributed by atoms with Crippen molar-refractivity contribution in [3.05, 3.63) is 0 Å². The Morgan fingerprint density at radius 1 is 1.06 bits per heavy atom. The van der Waals surface area contributed by atoms with Crippen molar-refractivity contribution in [3.8, 4) is 0 Å². The molecule has 0 bridgehead atoms. The van der Waals surface area contributed by atoms with Gasteiger partial charge in [0.2, 0.25) is 5.91 Å². The molecule has 3 fully saturated rings. The van der Waals surface area contributed by atoms with Gasteiger partial charge in [-0.05, 0) is 25.2 Å². The predicted octanol–water partition coefficient (Wildman–Crippen LogP) is 0.843. The number of piperazine rings is 1. The van der Waals surface area contributed by atoms with Crippen molar-refractivity contribution in [1.82, 2.24) is 25.3 Å². The first-order valence-corrected chi connectivity index (χ1v) is 12.3. The summed E-state index contributed by atoms with van der Waals surface area (Å²) in [5.41, 5.74) is 0. The number of nitrogens with zero attached hydrogens (tertiary/aromatic N) is 4. The molecule has 2 N–H and O–H groups in total. The van der Waals surface area contributed by atoms with E-state index in [2.05, 4.69) is 44.2 Å². The van der Waals surface area contributed by atoms with Crippen LogP contribution in [-0.2, 0) is 9.53 Å². The highest BCUT2D eigenvalue weighted by atomic mass is 16.5. The van der Waals surface area contributed by atoms with Crippen LogP contribution in [0.1, 0.15) is 39.5 Å². The third-order valence-corrected chi connectivity index (χ3v) is 6.89. The number of hydrogen-bond donors (Lipinski definition) is 2. The van der Waals surface area contributed by atoms with Gasteiger partial charge in [0.15, 0.2) is 5.96 Å². The quantitative estimate of drug-likeness (QED) is 0.412. The molecule has 0 aromatic rings. The zero-order valence-corrected chi connectivity index (χ0v) is 19.9. The monoisotopic (exact) mass is 436 g/mol. The largest absolute Gasteiger partial charge is 0.379 e. The van der Waals surface area contributed by atoms with Crippen molar-refractivity contribution in [3.63, 3.8) is 0 Å². The predicted molar refractivity (Wildman–Crippen MR) is 125 cm³/mol. The van der Waals surface area contributed by atoms with Crippen LogP contribution in [0.5, 0.6) is 0 Å². The Balaban J connectivity index is 1.33. The highest BCUT2D eigenvalue weighted by molar-refractivity contribution is 5.80. The number of guanidine groups is 1. The SMILES string of the molecule is CN=C(NCCN1CCN(C(=O)C2CCC2)CC1)NCC(CC(C)C)N1CCOCC1. The second-order valence-corrected chi connectivity index (χ2v) is 9.61. The first-order valence-electron chi connectivity index (χ1n) is 12.3. The molecule has 0 radical (unpaired) electrons. The maximum Gasteiger partial charge on any atom is 0.225 e. The number of morpholine rings is 1. The van der Waals surface area contributed by atoms with Crippen LogP contribution in [-0.4, -0.2) is 112 Å². The Hall–Kier alpha value is -1.38. The molecule has 2 aliphatic heterocycles.